The van der Waals surface area contributed by atoms with E-state index in [1.165, 1.54) is 6.07 Å². The molecule has 0 spiro atoms. The number of benzene rings is 1. The molecule has 0 fully saturated rings. The minimum absolute atomic E-state index is 0.278. The van der Waals surface area contributed by atoms with Crippen molar-refractivity contribution in [3.8, 4) is 5.75 Å². The average molecular weight is 283 g/mol. The van der Waals surface area contributed by atoms with Crippen molar-refractivity contribution in [3.63, 3.8) is 0 Å². The summed E-state index contributed by atoms with van der Waals surface area (Å²) in [6.45, 7) is 4.11. The summed E-state index contributed by atoms with van der Waals surface area (Å²) in [6.07, 6.45) is 0.600. The van der Waals surface area contributed by atoms with E-state index in [0.717, 1.165) is 12.1 Å². The molecule has 0 aromatic heterocycles. The predicted octanol–water partition coefficient (Wildman–Crippen LogP) is 2.49. The van der Waals surface area contributed by atoms with Gasteiger partial charge < -0.3 is 14.6 Å². The van der Waals surface area contributed by atoms with Crippen LogP contribution >= 0.6 is 0 Å². The number of hydrogen-bond donors (Lipinski definition) is 1. The molecular formula is C13H17NO6. The van der Waals surface area contributed by atoms with Crippen LogP contribution in [0.5, 0.6) is 5.75 Å². The molecular weight excluding hydrogens is 266 g/mol. The van der Waals surface area contributed by atoms with Crippen LogP contribution in [0.2, 0.25) is 0 Å². The summed E-state index contributed by atoms with van der Waals surface area (Å²) in [6, 6.07) is 3.66. The molecule has 0 aliphatic rings. The van der Waals surface area contributed by atoms with Gasteiger partial charge in [-0.2, -0.15) is 0 Å². The molecule has 0 amide bonds. The minimum Gasteiger partial charge on any atom is -0.493 e. The first-order valence-electron chi connectivity index (χ1n) is 5.96. The Morgan fingerprint density at radius 2 is 2.10 bits per heavy atom. The summed E-state index contributed by atoms with van der Waals surface area (Å²) in [5, 5.41) is 19.7. The van der Waals surface area contributed by atoms with Crippen molar-refractivity contribution in [1.82, 2.24) is 0 Å². The lowest BCUT2D eigenvalue weighted by Crippen LogP contribution is -2.25. The molecule has 1 aromatic rings. The van der Waals surface area contributed by atoms with E-state index in [0.29, 0.717) is 13.0 Å². The topological polar surface area (TPSA) is 98.9 Å². The summed E-state index contributed by atoms with van der Waals surface area (Å²) in [7, 11) is 1.59. The fourth-order valence-corrected chi connectivity index (χ4v) is 1.45. The fraction of sp³-hybridized carbons (Fsp3) is 0.462. The molecule has 7 nitrogen and oxygen atoms in total. The number of nitro groups is 1. The second kappa shape index (κ2) is 6.33. The highest BCUT2D eigenvalue weighted by atomic mass is 16.6. The Labute approximate surface area is 116 Å². The normalized spacial score (nSPS) is 11.2. The molecule has 0 saturated heterocycles. The zero-order valence-electron chi connectivity index (χ0n) is 11.6. The van der Waals surface area contributed by atoms with Crippen molar-refractivity contribution in [2.24, 2.45) is 0 Å². The van der Waals surface area contributed by atoms with Crippen LogP contribution in [0.3, 0.4) is 0 Å². The number of rotatable bonds is 7. The Hall–Kier alpha value is -2.15. The molecule has 0 aliphatic carbocycles. The molecule has 110 valence electrons. The van der Waals surface area contributed by atoms with Gasteiger partial charge in [0.1, 0.15) is 11.3 Å². The van der Waals surface area contributed by atoms with Crippen molar-refractivity contribution >= 4 is 11.7 Å². The van der Waals surface area contributed by atoms with E-state index in [1.807, 2.05) is 13.8 Å². The molecule has 20 heavy (non-hydrogen) atoms. The first kappa shape index (κ1) is 15.9. The summed E-state index contributed by atoms with van der Waals surface area (Å²) in [4.78, 5) is 20.9. The average Bonchev–Trinajstić information content (AvgIpc) is 2.38. The molecule has 0 unspecified atom stereocenters. The summed E-state index contributed by atoms with van der Waals surface area (Å²) in [5.41, 5.74) is -1.20. The number of carboxylic acids is 1. The highest BCUT2D eigenvalue weighted by Gasteiger charge is 2.21. The van der Waals surface area contributed by atoms with Gasteiger partial charge in [-0.05, 0) is 19.9 Å². The minimum atomic E-state index is -1.36. The largest absolute Gasteiger partial charge is 0.493 e. The van der Waals surface area contributed by atoms with E-state index >= 15 is 0 Å². The lowest BCUT2D eigenvalue weighted by molar-refractivity contribution is -0.385. The van der Waals surface area contributed by atoms with E-state index in [9.17, 15) is 14.9 Å². The monoisotopic (exact) mass is 283 g/mol. The smallest absolute Gasteiger partial charge is 0.342 e. The predicted molar refractivity (Wildman–Crippen MR) is 71.3 cm³/mol. The van der Waals surface area contributed by atoms with Crippen molar-refractivity contribution in [2.75, 3.05) is 13.7 Å². The Morgan fingerprint density at radius 1 is 1.45 bits per heavy atom. The van der Waals surface area contributed by atoms with Gasteiger partial charge in [-0.25, -0.2) is 4.79 Å². The number of methoxy groups -OCH3 is 1. The van der Waals surface area contributed by atoms with E-state index in [2.05, 4.69) is 0 Å². The highest BCUT2D eigenvalue weighted by molar-refractivity contribution is 5.92. The van der Waals surface area contributed by atoms with E-state index in [4.69, 9.17) is 14.6 Å². The zero-order valence-corrected chi connectivity index (χ0v) is 11.6. The Kier molecular flexibility index (Phi) is 5.04. The summed E-state index contributed by atoms with van der Waals surface area (Å²) >= 11 is 0. The SMILES string of the molecule is COC(C)(C)CCOc1ccc([N+](=O)[O-])c(C(=O)O)c1. The van der Waals surface area contributed by atoms with E-state index in [1.54, 1.807) is 7.11 Å². The van der Waals surface area contributed by atoms with Crippen LogP contribution in [0.25, 0.3) is 0 Å². The van der Waals surface area contributed by atoms with Crippen LogP contribution in [-0.4, -0.2) is 35.3 Å². The first-order valence-corrected chi connectivity index (χ1v) is 5.96. The number of carbonyl (C=O) groups is 1. The molecule has 0 heterocycles. The molecule has 0 aliphatic heterocycles. The van der Waals surface area contributed by atoms with Gasteiger partial charge in [0.25, 0.3) is 5.69 Å². The van der Waals surface area contributed by atoms with Crippen LogP contribution in [0.15, 0.2) is 18.2 Å². The fourth-order valence-electron chi connectivity index (χ4n) is 1.45. The maximum atomic E-state index is 11.0. The zero-order chi connectivity index (χ0) is 15.3. The quantitative estimate of drug-likeness (QED) is 0.609. The van der Waals surface area contributed by atoms with Gasteiger partial charge in [-0.3, -0.25) is 10.1 Å². The number of nitrogens with zero attached hydrogens (tertiary/aromatic N) is 1. The third kappa shape index (κ3) is 4.20. The molecule has 1 rings (SSSR count). The van der Waals surface area contributed by atoms with Crippen molar-refractivity contribution in [3.05, 3.63) is 33.9 Å². The number of aromatic carboxylic acids is 1. The molecule has 0 bridgehead atoms. The van der Waals surface area contributed by atoms with Gasteiger partial charge in [-0.1, -0.05) is 0 Å². The van der Waals surface area contributed by atoms with Crippen LogP contribution in [0, 0.1) is 10.1 Å². The third-order valence-corrected chi connectivity index (χ3v) is 2.92. The van der Waals surface area contributed by atoms with Crippen molar-refractivity contribution < 1.29 is 24.3 Å². The van der Waals surface area contributed by atoms with Crippen molar-refractivity contribution in [1.29, 1.82) is 0 Å². The standard InChI is InChI=1S/C13H17NO6/c1-13(2,19-3)6-7-20-9-4-5-11(14(17)18)10(8-9)12(15)16/h4-5,8H,6-7H2,1-3H3,(H,15,16). The van der Waals surface area contributed by atoms with Gasteiger partial charge in [-0.15, -0.1) is 0 Å². The summed E-state index contributed by atoms with van der Waals surface area (Å²) < 4.78 is 10.6. The maximum absolute atomic E-state index is 11.0. The molecule has 1 N–H and O–H groups in total. The molecule has 7 heteroatoms. The maximum Gasteiger partial charge on any atom is 0.342 e. The van der Waals surface area contributed by atoms with E-state index < -0.39 is 22.1 Å². The van der Waals surface area contributed by atoms with Gasteiger partial charge in [0.15, 0.2) is 0 Å². The van der Waals surface area contributed by atoms with Gasteiger partial charge in [0.05, 0.1) is 17.1 Å². The Morgan fingerprint density at radius 3 is 2.60 bits per heavy atom. The lowest BCUT2D eigenvalue weighted by atomic mass is 10.1. The van der Waals surface area contributed by atoms with Gasteiger partial charge >= 0.3 is 5.97 Å². The number of ether oxygens (including phenoxy) is 2. The molecule has 0 radical (unpaired) electrons. The molecule has 0 saturated carbocycles. The number of hydrogen-bond acceptors (Lipinski definition) is 5. The molecule has 0 atom stereocenters. The summed E-state index contributed by atoms with van der Waals surface area (Å²) in [5.74, 6) is -1.08. The lowest BCUT2D eigenvalue weighted by Gasteiger charge is -2.22. The Bertz CT molecular complexity index is 512. The highest BCUT2D eigenvalue weighted by Crippen LogP contribution is 2.24. The van der Waals surface area contributed by atoms with E-state index in [-0.39, 0.29) is 11.4 Å². The number of carboxylic acid groups (broad SMARTS) is 1. The van der Waals surface area contributed by atoms with Gasteiger partial charge in [0, 0.05) is 25.7 Å². The van der Waals surface area contributed by atoms with Crippen LogP contribution in [-0.2, 0) is 4.74 Å². The third-order valence-electron chi connectivity index (χ3n) is 2.92. The van der Waals surface area contributed by atoms with Crippen LogP contribution < -0.4 is 4.74 Å². The first-order chi connectivity index (χ1) is 9.26. The Balaban J connectivity index is 2.81. The number of nitro benzene ring substituents is 1. The van der Waals surface area contributed by atoms with Gasteiger partial charge in [0.2, 0.25) is 0 Å². The second-order valence-electron chi connectivity index (χ2n) is 4.80. The molecule has 1 aromatic carbocycles. The van der Waals surface area contributed by atoms with Crippen LogP contribution in [0.4, 0.5) is 5.69 Å². The van der Waals surface area contributed by atoms with Crippen LogP contribution in [0.1, 0.15) is 30.6 Å². The van der Waals surface area contributed by atoms with Crippen molar-refractivity contribution in [2.45, 2.75) is 25.9 Å². The second-order valence-corrected chi connectivity index (χ2v) is 4.80.